The average molecular weight is 413 g/mol. The van der Waals surface area contributed by atoms with E-state index in [1.165, 1.54) is 6.07 Å². The first-order chi connectivity index (χ1) is 13.3. The van der Waals surface area contributed by atoms with Crippen molar-refractivity contribution in [2.24, 2.45) is 0 Å². The van der Waals surface area contributed by atoms with Gasteiger partial charge in [-0.2, -0.15) is 0 Å². The van der Waals surface area contributed by atoms with Crippen molar-refractivity contribution < 1.29 is 32.2 Å². The third-order valence-electron chi connectivity index (χ3n) is 4.03. The van der Waals surface area contributed by atoms with E-state index in [4.69, 9.17) is 14.2 Å². The molecule has 1 amide bonds. The fraction of sp³-hybridized carbons (Fsp3) is 0.579. The Labute approximate surface area is 165 Å². The third-order valence-corrected chi connectivity index (χ3v) is 5.80. The monoisotopic (exact) mass is 413 g/mol. The normalized spacial score (nSPS) is 17.7. The molecule has 1 aliphatic rings. The molecule has 1 aliphatic heterocycles. The minimum absolute atomic E-state index is 0.0602. The summed E-state index contributed by atoms with van der Waals surface area (Å²) in [4.78, 5) is 24.1. The van der Waals surface area contributed by atoms with Gasteiger partial charge in [0.05, 0.1) is 30.3 Å². The molecular weight excluding hydrogens is 386 g/mol. The summed E-state index contributed by atoms with van der Waals surface area (Å²) >= 11 is 0. The second-order valence-electron chi connectivity index (χ2n) is 6.60. The van der Waals surface area contributed by atoms with Gasteiger partial charge >= 0.3 is 5.97 Å². The van der Waals surface area contributed by atoms with Crippen LogP contribution in [0.4, 0.5) is 0 Å². The zero-order chi connectivity index (χ0) is 20.6. The lowest BCUT2D eigenvalue weighted by Gasteiger charge is -2.14. The summed E-state index contributed by atoms with van der Waals surface area (Å²) in [5, 5.41) is 2.57. The number of esters is 1. The molecule has 8 nitrogen and oxygen atoms in total. The fourth-order valence-corrected chi connectivity index (χ4v) is 4.36. The Bertz CT molecular complexity index is 791. The second-order valence-corrected chi connectivity index (χ2v) is 8.83. The SMILES string of the molecule is CCCOc1ccc(C(=O)OCC(=O)N[C@H]2CCS(=O)(=O)C2)cc1OCCC. The quantitative estimate of drug-likeness (QED) is 0.582. The predicted octanol–water partition coefficient (Wildman–Crippen LogP) is 1.72. The van der Waals surface area contributed by atoms with Crippen molar-refractivity contribution in [3.05, 3.63) is 23.8 Å². The summed E-state index contributed by atoms with van der Waals surface area (Å²) in [7, 11) is -3.09. The van der Waals surface area contributed by atoms with Crippen molar-refractivity contribution in [2.45, 2.75) is 39.2 Å². The smallest absolute Gasteiger partial charge is 0.338 e. The van der Waals surface area contributed by atoms with Crippen LogP contribution >= 0.6 is 0 Å². The van der Waals surface area contributed by atoms with Crippen LogP contribution in [0.25, 0.3) is 0 Å². The summed E-state index contributed by atoms with van der Waals surface area (Å²) in [5.74, 6) is -0.217. The van der Waals surface area contributed by atoms with Gasteiger partial charge in [0.25, 0.3) is 5.91 Å². The van der Waals surface area contributed by atoms with Crippen molar-refractivity contribution in [2.75, 3.05) is 31.3 Å². The maximum Gasteiger partial charge on any atom is 0.338 e. The highest BCUT2D eigenvalue weighted by atomic mass is 32.2. The summed E-state index contributed by atoms with van der Waals surface area (Å²) in [5.41, 5.74) is 0.242. The molecule has 0 saturated carbocycles. The van der Waals surface area contributed by atoms with Gasteiger partial charge in [-0.25, -0.2) is 13.2 Å². The Morgan fingerprint density at radius 3 is 2.39 bits per heavy atom. The molecule has 0 radical (unpaired) electrons. The fourth-order valence-electron chi connectivity index (χ4n) is 2.68. The molecule has 0 aliphatic carbocycles. The highest BCUT2D eigenvalue weighted by molar-refractivity contribution is 7.91. The zero-order valence-electron chi connectivity index (χ0n) is 16.2. The lowest BCUT2D eigenvalue weighted by molar-refractivity contribution is -0.124. The lowest BCUT2D eigenvalue weighted by Crippen LogP contribution is -2.38. The molecule has 1 heterocycles. The highest BCUT2D eigenvalue weighted by Gasteiger charge is 2.29. The van der Waals surface area contributed by atoms with E-state index in [0.717, 1.165) is 12.8 Å². The van der Waals surface area contributed by atoms with Gasteiger partial charge in [-0.3, -0.25) is 4.79 Å². The number of amides is 1. The Balaban J connectivity index is 1.92. The van der Waals surface area contributed by atoms with Crippen LogP contribution in [-0.2, 0) is 19.4 Å². The molecule has 2 rings (SSSR count). The maximum atomic E-state index is 12.2. The molecule has 156 valence electrons. The first-order valence-corrected chi connectivity index (χ1v) is 11.2. The molecule has 1 aromatic rings. The number of nitrogens with one attached hydrogen (secondary N) is 1. The minimum atomic E-state index is -3.09. The van der Waals surface area contributed by atoms with E-state index in [1.54, 1.807) is 12.1 Å². The lowest BCUT2D eigenvalue weighted by atomic mass is 10.2. The third kappa shape index (κ3) is 6.70. The standard InChI is InChI=1S/C19H27NO7S/c1-3-8-25-16-6-5-14(11-17(16)26-9-4-2)19(22)27-12-18(21)20-15-7-10-28(23,24)13-15/h5-6,11,15H,3-4,7-10,12-13H2,1-2H3,(H,20,21)/t15-/m0/s1. The van der Waals surface area contributed by atoms with Gasteiger partial charge in [0, 0.05) is 6.04 Å². The summed E-state index contributed by atoms with van der Waals surface area (Å²) in [6.07, 6.45) is 2.02. The summed E-state index contributed by atoms with van der Waals surface area (Å²) < 4.78 is 39.1. The van der Waals surface area contributed by atoms with E-state index in [1.807, 2.05) is 13.8 Å². The van der Waals surface area contributed by atoms with Crippen molar-refractivity contribution in [3.63, 3.8) is 0 Å². The van der Waals surface area contributed by atoms with E-state index in [-0.39, 0.29) is 17.1 Å². The minimum Gasteiger partial charge on any atom is -0.490 e. The highest BCUT2D eigenvalue weighted by Crippen LogP contribution is 2.29. The van der Waals surface area contributed by atoms with Gasteiger partial charge in [0.1, 0.15) is 0 Å². The van der Waals surface area contributed by atoms with Crippen LogP contribution in [0.5, 0.6) is 11.5 Å². The molecule has 1 saturated heterocycles. The number of rotatable bonds is 10. The number of ether oxygens (including phenoxy) is 3. The molecule has 0 aromatic heterocycles. The van der Waals surface area contributed by atoms with Crippen LogP contribution in [0, 0.1) is 0 Å². The number of benzene rings is 1. The number of carbonyl (C=O) groups is 2. The predicted molar refractivity (Wildman–Crippen MR) is 103 cm³/mol. The number of hydrogen-bond acceptors (Lipinski definition) is 7. The van der Waals surface area contributed by atoms with Crippen molar-refractivity contribution in [1.29, 1.82) is 0 Å². The van der Waals surface area contributed by atoms with Crippen molar-refractivity contribution >= 4 is 21.7 Å². The zero-order valence-corrected chi connectivity index (χ0v) is 17.0. The molecule has 0 unspecified atom stereocenters. The van der Waals surface area contributed by atoms with Crippen molar-refractivity contribution in [1.82, 2.24) is 5.32 Å². The van der Waals surface area contributed by atoms with Crippen LogP contribution in [0.1, 0.15) is 43.5 Å². The molecule has 9 heteroatoms. The van der Waals surface area contributed by atoms with E-state index in [2.05, 4.69) is 5.32 Å². The van der Waals surface area contributed by atoms with Gasteiger partial charge in [-0.15, -0.1) is 0 Å². The Morgan fingerprint density at radius 1 is 1.11 bits per heavy atom. The number of carbonyl (C=O) groups excluding carboxylic acids is 2. The van der Waals surface area contributed by atoms with Crippen LogP contribution < -0.4 is 14.8 Å². The van der Waals surface area contributed by atoms with Gasteiger partial charge in [0.2, 0.25) is 0 Å². The molecule has 28 heavy (non-hydrogen) atoms. The molecule has 1 fully saturated rings. The average Bonchev–Trinajstić information content (AvgIpc) is 3.01. The van der Waals surface area contributed by atoms with Gasteiger partial charge in [-0.05, 0) is 37.5 Å². The molecule has 0 spiro atoms. The summed E-state index contributed by atoms with van der Waals surface area (Å²) in [6, 6.07) is 4.29. The first kappa shape index (κ1) is 22.0. The van der Waals surface area contributed by atoms with Crippen LogP contribution in [0.2, 0.25) is 0 Å². The van der Waals surface area contributed by atoms with E-state index < -0.39 is 34.4 Å². The van der Waals surface area contributed by atoms with E-state index >= 15 is 0 Å². The van der Waals surface area contributed by atoms with Gasteiger partial charge in [-0.1, -0.05) is 13.8 Å². The largest absolute Gasteiger partial charge is 0.490 e. The molecule has 1 N–H and O–H groups in total. The van der Waals surface area contributed by atoms with Crippen LogP contribution in [-0.4, -0.2) is 57.7 Å². The van der Waals surface area contributed by atoms with Crippen LogP contribution in [0.3, 0.4) is 0 Å². The Morgan fingerprint density at radius 2 is 1.79 bits per heavy atom. The molecule has 1 aromatic carbocycles. The maximum absolute atomic E-state index is 12.2. The summed E-state index contributed by atoms with van der Waals surface area (Å²) in [6.45, 7) is 4.49. The van der Waals surface area contributed by atoms with Crippen molar-refractivity contribution in [3.8, 4) is 11.5 Å². The second kappa shape index (κ2) is 10.3. The van der Waals surface area contributed by atoms with E-state index in [9.17, 15) is 18.0 Å². The molecular formula is C19H27NO7S. The first-order valence-electron chi connectivity index (χ1n) is 9.41. The molecule has 1 atom stereocenters. The van der Waals surface area contributed by atoms with E-state index in [0.29, 0.717) is 31.1 Å². The van der Waals surface area contributed by atoms with Gasteiger partial charge < -0.3 is 19.5 Å². The van der Waals surface area contributed by atoms with Gasteiger partial charge in [0.15, 0.2) is 27.9 Å². The number of sulfone groups is 1. The Hall–Kier alpha value is -2.29. The molecule has 0 bridgehead atoms. The van der Waals surface area contributed by atoms with Crippen LogP contribution in [0.15, 0.2) is 18.2 Å². The number of hydrogen-bond donors (Lipinski definition) is 1. The topological polar surface area (TPSA) is 108 Å². The Kier molecular flexibility index (Phi) is 8.10.